The van der Waals surface area contributed by atoms with Crippen LogP contribution in [0.2, 0.25) is 0 Å². The summed E-state index contributed by atoms with van der Waals surface area (Å²) < 4.78 is 0. The van der Waals surface area contributed by atoms with Crippen molar-refractivity contribution in [2.75, 3.05) is 13.1 Å². The Labute approximate surface area is 165 Å². The predicted octanol–water partition coefficient (Wildman–Crippen LogP) is 7.70. The first kappa shape index (κ1) is 23.4. The van der Waals surface area contributed by atoms with E-state index in [4.69, 9.17) is 0 Å². The second kappa shape index (κ2) is 16.5. The Hall–Kier alpha value is -0.660. The van der Waals surface area contributed by atoms with Gasteiger partial charge in [0.1, 0.15) is 6.17 Å². The minimum absolute atomic E-state index is 0.639. The largest absolute Gasteiger partial charge is 0.356 e. The van der Waals surface area contributed by atoms with Crippen molar-refractivity contribution in [1.29, 1.82) is 0 Å². The number of nitrogens with zero attached hydrogens (tertiary/aromatic N) is 2. The van der Waals surface area contributed by atoms with Crippen LogP contribution >= 0.6 is 0 Å². The summed E-state index contributed by atoms with van der Waals surface area (Å²) in [4.78, 5) is 5.15. The van der Waals surface area contributed by atoms with Crippen LogP contribution in [0.5, 0.6) is 0 Å². The van der Waals surface area contributed by atoms with E-state index < -0.39 is 0 Å². The quantitative estimate of drug-likeness (QED) is 0.230. The predicted molar refractivity (Wildman–Crippen MR) is 117 cm³/mol. The molecule has 0 spiro atoms. The third-order valence-corrected chi connectivity index (χ3v) is 5.92. The molecular formula is C24H48N2. The van der Waals surface area contributed by atoms with Crippen LogP contribution in [0.1, 0.15) is 124 Å². The first-order valence-electron chi connectivity index (χ1n) is 12.0. The molecule has 0 aromatic rings. The fourth-order valence-electron chi connectivity index (χ4n) is 4.14. The lowest BCUT2D eigenvalue weighted by Gasteiger charge is -2.32. The Morgan fingerprint density at radius 1 is 0.538 bits per heavy atom. The van der Waals surface area contributed by atoms with Crippen LogP contribution in [0.3, 0.4) is 0 Å². The van der Waals surface area contributed by atoms with E-state index in [1.807, 2.05) is 0 Å². The summed E-state index contributed by atoms with van der Waals surface area (Å²) in [7, 11) is 0. The highest BCUT2D eigenvalue weighted by Crippen LogP contribution is 2.22. The van der Waals surface area contributed by atoms with Gasteiger partial charge in [0.25, 0.3) is 0 Å². The number of rotatable bonds is 18. The van der Waals surface area contributed by atoms with Crippen LogP contribution in [0.25, 0.3) is 0 Å². The van der Waals surface area contributed by atoms with Gasteiger partial charge in [-0.1, -0.05) is 97.3 Å². The number of hydrogen-bond donors (Lipinski definition) is 0. The minimum Gasteiger partial charge on any atom is -0.356 e. The van der Waals surface area contributed by atoms with E-state index in [9.17, 15) is 0 Å². The molecule has 0 radical (unpaired) electrons. The molecule has 0 fully saturated rings. The lowest BCUT2D eigenvalue weighted by Crippen LogP contribution is -2.38. The zero-order valence-electron chi connectivity index (χ0n) is 18.4. The van der Waals surface area contributed by atoms with E-state index in [0.717, 1.165) is 6.54 Å². The van der Waals surface area contributed by atoms with Crippen molar-refractivity contribution in [3.8, 4) is 0 Å². The van der Waals surface area contributed by atoms with Crippen molar-refractivity contribution >= 4 is 0 Å². The number of hydrogen-bond acceptors (Lipinski definition) is 2. The monoisotopic (exact) mass is 364 g/mol. The second-order valence-corrected chi connectivity index (χ2v) is 8.23. The molecule has 1 unspecified atom stereocenters. The third-order valence-electron chi connectivity index (χ3n) is 5.92. The van der Waals surface area contributed by atoms with Gasteiger partial charge < -0.3 is 9.80 Å². The summed E-state index contributed by atoms with van der Waals surface area (Å²) >= 11 is 0. The average molecular weight is 365 g/mol. The zero-order valence-corrected chi connectivity index (χ0v) is 18.4. The van der Waals surface area contributed by atoms with Gasteiger partial charge in [0.2, 0.25) is 0 Å². The van der Waals surface area contributed by atoms with E-state index in [1.54, 1.807) is 0 Å². The first-order chi connectivity index (χ1) is 12.8. The highest BCUT2D eigenvalue weighted by atomic mass is 15.4. The van der Waals surface area contributed by atoms with E-state index in [1.165, 1.54) is 109 Å². The van der Waals surface area contributed by atoms with Gasteiger partial charge in [0, 0.05) is 25.5 Å². The van der Waals surface area contributed by atoms with Gasteiger partial charge >= 0.3 is 0 Å². The van der Waals surface area contributed by atoms with Crippen molar-refractivity contribution in [2.45, 2.75) is 130 Å². The standard InChI is InChI=1S/C24H48N2/c1-4-7-9-11-12-13-14-15-16-17-19-21-26-23-22-25(6-3)24(26)20-18-10-8-5-2/h22-24H,4-21H2,1-3H3. The average Bonchev–Trinajstić information content (AvgIpc) is 3.05. The molecule has 1 aliphatic heterocycles. The summed E-state index contributed by atoms with van der Waals surface area (Å²) in [6, 6.07) is 0. The van der Waals surface area contributed by atoms with Crippen molar-refractivity contribution in [3.63, 3.8) is 0 Å². The van der Waals surface area contributed by atoms with Gasteiger partial charge in [0.05, 0.1) is 0 Å². The Morgan fingerprint density at radius 3 is 1.54 bits per heavy atom. The fourth-order valence-corrected chi connectivity index (χ4v) is 4.14. The Morgan fingerprint density at radius 2 is 1.00 bits per heavy atom. The van der Waals surface area contributed by atoms with E-state index >= 15 is 0 Å². The smallest absolute Gasteiger partial charge is 0.101 e. The third kappa shape index (κ3) is 10.5. The van der Waals surface area contributed by atoms with Crippen molar-refractivity contribution < 1.29 is 0 Å². The first-order valence-corrected chi connectivity index (χ1v) is 12.0. The maximum atomic E-state index is 2.61. The molecule has 1 atom stereocenters. The van der Waals surface area contributed by atoms with Crippen LogP contribution < -0.4 is 0 Å². The van der Waals surface area contributed by atoms with E-state index in [2.05, 4.69) is 43.0 Å². The Kier molecular flexibility index (Phi) is 14.8. The molecule has 26 heavy (non-hydrogen) atoms. The van der Waals surface area contributed by atoms with Crippen LogP contribution in [0.4, 0.5) is 0 Å². The molecule has 0 aromatic heterocycles. The van der Waals surface area contributed by atoms with Crippen molar-refractivity contribution in [1.82, 2.24) is 9.80 Å². The fraction of sp³-hybridized carbons (Fsp3) is 0.917. The SMILES string of the molecule is CCCCCCCCCCCCCN1C=CN(CC)C1CCCCCC. The molecule has 1 rings (SSSR count). The van der Waals surface area contributed by atoms with Gasteiger partial charge in [-0.3, -0.25) is 0 Å². The molecule has 0 aromatic carbocycles. The molecule has 2 heteroatoms. The molecule has 0 bridgehead atoms. The van der Waals surface area contributed by atoms with Gasteiger partial charge in [-0.05, 0) is 26.2 Å². The molecule has 1 aliphatic rings. The summed E-state index contributed by atoms with van der Waals surface area (Å²) in [5.41, 5.74) is 0. The van der Waals surface area contributed by atoms with Crippen LogP contribution in [-0.4, -0.2) is 29.1 Å². The summed E-state index contributed by atoms with van der Waals surface area (Å²) in [6.45, 7) is 9.28. The highest BCUT2D eigenvalue weighted by molar-refractivity contribution is 4.96. The second-order valence-electron chi connectivity index (χ2n) is 8.23. The molecule has 0 saturated carbocycles. The van der Waals surface area contributed by atoms with E-state index in [0.29, 0.717) is 6.17 Å². The van der Waals surface area contributed by atoms with Crippen LogP contribution in [0.15, 0.2) is 12.4 Å². The molecule has 0 N–H and O–H groups in total. The zero-order chi connectivity index (χ0) is 18.9. The maximum Gasteiger partial charge on any atom is 0.101 e. The topological polar surface area (TPSA) is 6.48 Å². The summed E-state index contributed by atoms with van der Waals surface area (Å²) in [6.07, 6.45) is 27.9. The lowest BCUT2D eigenvalue weighted by atomic mass is 10.1. The Balaban J connectivity index is 2.03. The van der Waals surface area contributed by atoms with E-state index in [-0.39, 0.29) is 0 Å². The number of unbranched alkanes of at least 4 members (excludes halogenated alkanes) is 13. The highest BCUT2D eigenvalue weighted by Gasteiger charge is 2.23. The summed E-state index contributed by atoms with van der Waals surface area (Å²) in [5, 5.41) is 0. The van der Waals surface area contributed by atoms with Crippen LogP contribution in [0, 0.1) is 0 Å². The van der Waals surface area contributed by atoms with Crippen molar-refractivity contribution in [2.24, 2.45) is 0 Å². The van der Waals surface area contributed by atoms with Crippen LogP contribution in [-0.2, 0) is 0 Å². The summed E-state index contributed by atoms with van der Waals surface area (Å²) in [5.74, 6) is 0. The molecule has 0 aliphatic carbocycles. The van der Waals surface area contributed by atoms with Gasteiger partial charge in [-0.15, -0.1) is 0 Å². The molecule has 0 amide bonds. The normalized spacial score (nSPS) is 16.8. The molecule has 2 nitrogen and oxygen atoms in total. The molecule has 0 saturated heterocycles. The minimum atomic E-state index is 0.639. The molecule has 1 heterocycles. The maximum absolute atomic E-state index is 2.61. The van der Waals surface area contributed by atoms with Crippen molar-refractivity contribution in [3.05, 3.63) is 12.4 Å². The van der Waals surface area contributed by atoms with Gasteiger partial charge in [-0.25, -0.2) is 0 Å². The molecular weight excluding hydrogens is 316 g/mol. The van der Waals surface area contributed by atoms with Gasteiger partial charge in [-0.2, -0.15) is 0 Å². The Bertz CT molecular complexity index is 326. The lowest BCUT2D eigenvalue weighted by molar-refractivity contribution is 0.142. The van der Waals surface area contributed by atoms with Gasteiger partial charge in [0.15, 0.2) is 0 Å². The molecule has 154 valence electrons.